The van der Waals surface area contributed by atoms with Crippen LogP contribution < -0.4 is 11.0 Å². The molecule has 2 heterocycles. The van der Waals surface area contributed by atoms with Gasteiger partial charge in [0.1, 0.15) is 0 Å². The van der Waals surface area contributed by atoms with Crippen molar-refractivity contribution in [1.82, 2.24) is 14.5 Å². The van der Waals surface area contributed by atoms with E-state index >= 15 is 0 Å². The zero-order valence-corrected chi connectivity index (χ0v) is 18.0. The maximum atomic E-state index is 13.2. The third-order valence-electron chi connectivity index (χ3n) is 5.45. The van der Waals surface area contributed by atoms with E-state index in [1.54, 1.807) is 16.7 Å². The van der Waals surface area contributed by atoms with E-state index in [0.717, 1.165) is 15.6 Å². The first-order valence-corrected chi connectivity index (χ1v) is 10.6. The molecule has 1 unspecified atom stereocenters. The summed E-state index contributed by atoms with van der Waals surface area (Å²) in [6, 6.07) is 12.8. The van der Waals surface area contributed by atoms with Crippen LogP contribution in [-0.2, 0) is 13.1 Å². The van der Waals surface area contributed by atoms with Crippen molar-refractivity contribution in [3.63, 3.8) is 0 Å². The lowest BCUT2D eigenvalue weighted by atomic mass is 9.99. The summed E-state index contributed by atoms with van der Waals surface area (Å²) in [6.45, 7) is 4.54. The van der Waals surface area contributed by atoms with Crippen LogP contribution in [0, 0.1) is 0 Å². The van der Waals surface area contributed by atoms with Gasteiger partial charge in [-0.05, 0) is 24.6 Å². The molecule has 6 nitrogen and oxygen atoms in total. The number of imidazole rings is 1. The Hall–Kier alpha value is -2.22. The fraction of sp³-hybridized carbons (Fsp3) is 0.364. The second-order valence-corrected chi connectivity index (χ2v) is 8.74. The van der Waals surface area contributed by atoms with Gasteiger partial charge in [-0.25, -0.2) is 4.79 Å². The molecule has 2 N–H and O–H groups in total. The first kappa shape index (κ1) is 20.1. The zero-order valence-electron chi connectivity index (χ0n) is 16.4. The molecule has 4 rings (SSSR count). The van der Waals surface area contributed by atoms with E-state index in [4.69, 9.17) is 0 Å². The summed E-state index contributed by atoms with van der Waals surface area (Å²) in [6.07, 6.45) is -0.0828. The Labute approximate surface area is 177 Å². The molecule has 3 aromatic rings. The fourth-order valence-corrected chi connectivity index (χ4v) is 4.38. The number of Topliss-reactive ketones (excluding diaryl/α,β-unsaturated/α-hetero) is 1. The number of aryl methyl sites for hydroxylation is 1. The van der Waals surface area contributed by atoms with Crippen LogP contribution in [0.4, 0.5) is 0 Å². The van der Waals surface area contributed by atoms with Gasteiger partial charge in [-0.3, -0.25) is 13.9 Å². The molecule has 0 saturated heterocycles. The molecule has 2 atom stereocenters. The second kappa shape index (κ2) is 7.89. The zero-order chi connectivity index (χ0) is 20.7. The highest BCUT2D eigenvalue weighted by Gasteiger charge is 2.30. The van der Waals surface area contributed by atoms with Gasteiger partial charge in [0.2, 0.25) is 0 Å². The largest absolute Gasteiger partial charge is 0.387 e. The number of para-hydroxylation sites is 1. The van der Waals surface area contributed by atoms with E-state index in [1.165, 1.54) is 4.57 Å². The molecule has 2 aromatic carbocycles. The maximum Gasteiger partial charge on any atom is 0.329 e. The van der Waals surface area contributed by atoms with Crippen molar-refractivity contribution in [2.24, 2.45) is 0 Å². The molecule has 0 radical (unpaired) electrons. The molecule has 7 heteroatoms. The highest BCUT2D eigenvalue weighted by molar-refractivity contribution is 9.10. The summed E-state index contributed by atoms with van der Waals surface area (Å²) < 4.78 is 4.12. The van der Waals surface area contributed by atoms with Crippen molar-refractivity contribution in [3.05, 3.63) is 68.5 Å². The highest BCUT2D eigenvalue weighted by Crippen LogP contribution is 2.31. The number of hydrogen-bond donors (Lipinski definition) is 2. The first-order chi connectivity index (χ1) is 13.9. The summed E-state index contributed by atoms with van der Waals surface area (Å²) in [7, 11) is 0. The Bertz CT molecular complexity index is 1110. The van der Waals surface area contributed by atoms with Crippen LogP contribution >= 0.6 is 15.9 Å². The van der Waals surface area contributed by atoms with Gasteiger partial charge in [-0.2, -0.15) is 0 Å². The number of nitrogens with one attached hydrogen (secondary N) is 1. The number of aliphatic hydroxyl groups excluding tert-OH is 1. The van der Waals surface area contributed by atoms with Crippen molar-refractivity contribution in [3.8, 4) is 0 Å². The van der Waals surface area contributed by atoms with Gasteiger partial charge < -0.3 is 10.4 Å². The van der Waals surface area contributed by atoms with Crippen molar-refractivity contribution >= 4 is 32.7 Å². The topological polar surface area (TPSA) is 76.3 Å². The highest BCUT2D eigenvalue weighted by atomic mass is 79.9. The monoisotopic (exact) mass is 457 g/mol. The number of hydrogen-bond acceptors (Lipinski definition) is 4. The Morgan fingerprint density at radius 2 is 1.97 bits per heavy atom. The number of halogens is 1. The molecule has 152 valence electrons. The predicted molar refractivity (Wildman–Crippen MR) is 116 cm³/mol. The molecule has 0 aliphatic carbocycles. The molecule has 0 bridgehead atoms. The number of ketones is 1. The quantitative estimate of drug-likeness (QED) is 0.576. The van der Waals surface area contributed by atoms with E-state index < -0.39 is 6.10 Å². The maximum absolute atomic E-state index is 13.2. The fourth-order valence-electron chi connectivity index (χ4n) is 4.12. The Morgan fingerprint density at radius 1 is 1.24 bits per heavy atom. The van der Waals surface area contributed by atoms with E-state index in [0.29, 0.717) is 24.0 Å². The third-order valence-corrected chi connectivity index (χ3v) is 5.98. The van der Waals surface area contributed by atoms with Crippen LogP contribution in [0.1, 0.15) is 42.3 Å². The number of aromatic nitrogens is 2. The van der Waals surface area contributed by atoms with E-state index in [9.17, 15) is 14.7 Å². The van der Waals surface area contributed by atoms with Gasteiger partial charge >= 0.3 is 5.69 Å². The summed E-state index contributed by atoms with van der Waals surface area (Å²) >= 11 is 3.37. The minimum absolute atomic E-state index is 0.0306. The summed E-state index contributed by atoms with van der Waals surface area (Å²) in [5.74, 6) is -0.124. The molecule has 1 aromatic heterocycles. The minimum Gasteiger partial charge on any atom is -0.387 e. The van der Waals surface area contributed by atoms with Gasteiger partial charge in [0, 0.05) is 34.2 Å². The van der Waals surface area contributed by atoms with Gasteiger partial charge in [0.05, 0.1) is 23.7 Å². The van der Waals surface area contributed by atoms with Crippen LogP contribution in [0.3, 0.4) is 0 Å². The van der Waals surface area contributed by atoms with Gasteiger partial charge in [0.25, 0.3) is 0 Å². The van der Waals surface area contributed by atoms with E-state index in [1.807, 2.05) is 44.2 Å². The van der Waals surface area contributed by atoms with E-state index in [-0.39, 0.29) is 30.1 Å². The summed E-state index contributed by atoms with van der Waals surface area (Å²) in [5.41, 5.74) is 2.48. The average Bonchev–Trinajstić information content (AvgIpc) is 2.87. The molecule has 0 spiro atoms. The van der Waals surface area contributed by atoms with Crippen molar-refractivity contribution in [1.29, 1.82) is 0 Å². The second-order valence-electron chi connectivity index (χ2n) is 7.83. The predicted octanol–water partition coefficient (Wildman–Crippen LogP) is 3.25. The Morgan fingerprint density at radius 3 is 2.66 bits per heavy atom. The molecule has 1 aliphatic rings. The molecule has 0 amide bonds. The molecular formula is C22H24BrN3O3. The smallest absolute Gasteiger partial charge is 0.329 e. The number of benzene rings is 2. The van der Waals surface area contributed by atoms with Crippen molar-refractivity contribution in [2.75, 3.05) is 0 Å². The lowest BCUT2D eigenvalue weighted by molar-refractivity contribution is 0.0972. The van der Waals surface area contributed by atoms with Crippen LogP contribution in [0.15, 0.2) is 51.7 Å². The van der Waals surface area contributed by atoms with Gasteiger partial charge in [0.15, 0.2) is 5.78 Å². The van der Waals surface area contributed by atoms with Crippen molar-refractivity contribution in [2.45, 2.75) is 51.5 Å². The number of aliphatic hydroxyl groups is 1. The van der Waals surface area contributed by atoms with Crippen LogP contribution in [0.25, 0.3) is 11.0 Å². The minimum atomic E-state index is -0.715. The number of carbonyl (C=O) groups is 1. The SMILES string of the molecule is CC(C)N[C@@H]1CCn2c(=O)n(CC(=O)c3ccc(Br)cc3)c3cccc(c32)C1O. The number of carbonyl (C=O) groups excluding carboxylic acids is 1. The Balaban J connectivity index is 1.76. The lowest BCUT2D eigenvalue weighted by Crippen LogP contribution is -2.39. The van der Waals surface area contributed by atoms with Gasteiger partial charge in [-0.1, -0.05) is 54.0 Å². The number of rotatable bonds is 5. The van der Waals surface area contributed by atoms with Crippen molar-refractivity contribution < 1.29 is 9.90 Å². The summed E-state index contributed by atoms with van der Waals surface area (Å²) in [5, 5.41) is 14.4. The third kappa shape index (κ3) is 3.70. The number of nitrogens with zero attached hydrogens (tertiary/aromatic N) is 2. The molecule has 29 heavy (non-hydrogen) atoms. The first-order valence-electron chi connectivity index (χ1n) is 9.81. The van der Waals surface area contributed by atoms with Gasteiger partial charge in [-0.15, -0.1) is 0 Å². The van der Waals surface area contributed by atoms with Crippen LogP contribution in [0.5, 0.6) is 0 Å². The molecule has 0 saturated carbocycles. The molecule has 0 fully saturated rings. The molecular weight excluding hydrogens is 434 g/mol. The van der Waals surface area contributed by atoms with Crippen LogP contribution in [0.2, 0.25) is 0 Å². The average molecular weight is 458 g/mol. The normalized spacial score (nSPS) is 18.9. The summed E-state index contributed by atoms with van der Waals surface area (Å²) in [4.78, 5) is 26.0. The van der Waals surface area contributed by atoms with Crippen LogP contribution in [-0.4, -0.2) is 32.1 Å². The lowest BCUT2D eigenvalue weighted by Gasteiger charge is -2.25. The standard InChI is InChI=1S/C22H24BrN3O3/c1-13(2)24-17-10-11-25-20-16(21(17)28)4-3-5-18(20)26(22(25)29)12-19(27)14-6-8-15(23)9-7-14/h3-9,13,17,21,24,28H,10-12H2,1-2H3/t17-,21?/m1/s1. The Kier molecular flexibility index (Phi) is 5.46. The molecule has 1 aliphatic heterocycles. The van der Waals surface area contributed by atoms with E-state index in [2.05, 4.69) is 21.2 Å².